The highest BCUT2D eigenvalue weighted by Crippen LogP contribution is 2.34. The van der Waals surface area contributed by atoms with Crippen molar-refractivity contribution in [2.75, 3.05) is 19.7 Å². The van der Waals surface area contributed by atoms with Crippen molar-refractivity contribution >= 4 is 15.9 Å². The molecule has 0 atom stereocenters. The van der Waals surface area contributed by atoms with E-state index in [1.165, 1.54) is 17.1 Å². The molecule has 0 aromatic rings. The first-order chi connectivity index (χ1) is 13.9. The van der Waals surface area contributed by atoms with Gasteiger partial charge in [-0.1, -0.05) is 58.6 Å². The van der Waals surface area contributed by atoms with Crippen LogP contribution in [0.4, 0.5) is 0 Å². The molecule has 1 heterocycles. The van der Waals surface area contributed by atoms with E-state index in [9.17, 15) is 18.4 Å². The number of hydroxylamine groups is 1. The third kappa shape index (κ3) is 7.05. The summed E-state index contributed by atoms with van der Waals surface area (Å²) in [7, 11) is -3.89. The number of rotatable bonds is 14. The molecule has 2 N–H and O–H groups in total. The molecule has 0 unspecified atom stereocenters. The molecule has 1 rings (SSSR count). The van der Waals surface area contributed by atoms with E-state index in [2.05, 4.69) is 19.1 Å². The molecule has 8 heteroatoms. The maximum Gasteiger partial charge on any atom is 0.266 e. The van der Waals surface area contributed by atoms with E-state index < -0.39 is 20.7 Å². The molecule has 0 bridgehead atoms. The monoisotopic (exact) mass is 432 g/mol. The lowest BCUT2D eigenvalue weighted by Crippen LogP contribution is -2.58. The molecule has 0 aliphatic carbocycles. The average Bonchev–Trinajstić information content (AvgIpc) is 2.72. The van der Waals surface area contributed by atoms with E-state index in [-0.39, 0.29) is 18.9 Å². The molecule has 0 radical (unpaired) electrons. The minimum Gasteiger partial charge on any atom is -0.378 e. The summed E-state index contributed by atoms with van der Waals surface area (Å²) in [6, 6.07) is 0. The smallest absolute Gasteiger partial charge is 0.266 e. The topological polar surface area (TPSA) is 95.9 Å². The number of carbonyl (C=O) groups is 1. The molecule has 7 nitrogen and oxygen atoms in total. The number of ether oxygens (including phenoxy) is 1. The van der Waals surface area contributed by atoms with Crippen molar-refractivity contribution < 1.29 is 23.2 Å². The highest BCUT2D eigenvalue weighted by Gasteiger charge is 2.52. The fraction of sp³-hybridized carbons (Fsp3) is 0.857. The number of carbonyl (C=O) groups excluding carboxylic acids is 1. The van der Waals surface area contributed by atoms with Crippen molar-refractivity contribution in [2.24, 2.45) is 0 Å². The molecular weight excluding hydrogens is 392 g/mol. The lowest BCUT2D eigenvalue weighted by Gasteiger charge is -2.39. The highest BCUT2D eigenvalue weighted by molar-refractivity contribution is 7.91. The van der Waals surface area contributed by atoms with Crippen LogP contribution in [0.1, 0.15) is 85.0 Å². The van der Waals surface area contributed by atoms with Crippen molar-refractivity contribution in [3.05, 3.63) is 12.2 Å². The number of piperidine rings is 1. The van der Waals surface area contributed by atoms with E-state index in [1.54, 1.807) is 5.48 Å². The Morgan fingerprint density at radius 2 is 1.69 bits per heavy atom. The molecule has 170 valence electrons. The van der Waals surface area contributed by atoms with Gasteiger partial charge in [0, 0.05) is 13.1 Å². The highest BCUT2D eigenvalue weighted by atomic mass is 32.2. The largest absolute Gasteiger partial charge is 0.378 e. The Balaban J connectivity index is 2.66. The van der Waals surface area contributed by atoms with Crippen molar-refractivity contribution in [2.45, 2.75) is 95.8 Å². The maximum absolute atomic E-state index is 13.4. The van der Waals surface area contributed by atoms with Crippen molar-refractivity contribution in [1.29, 1.82) is 0 Å². The summed E-state index contributed by atoms with van der Waals surface area (Å²) in [5.41, 5.74) is 1.61. The van der Waals surface area contributed by atoms with E-state index in [0.29, 0.717) is 45.4 Å². The Bertz CT molecular complexity index is 592. The quantitative estimate of drug-likeness (QED) is 0.188. The van der Waals surface area contributed by atoms with Crippen LogP contribution in [0.5, 0.6) is 0 Å². The normalized spacial score (nSPS) is 17.1. The van der Waals surface area contributed by atoms with E-state index in [1.807, 2.05) is 13.8 Å². The van der Waals surface area contributed by atoms with Gasteiger partial charge in [-0.05, 0) is 38.5 Å². The van der Waals surface area contributed by atoms with Crippen LogP contribution in [0.15, 0.2) is 12.2 Å². The van der Waals surface area contributed by atoms with Crippen LogP contribution in [-0.4, -0.2) is 54.4 Å². The Kier molecular flexibility index (Phi) is 12.0. The molecule has 0 aromatic carbocycles. The molecule has 1 amide bonds. The zero-order valence-electron chi connectivity index (χ0n) is 18.4. The third-order valence-corrected chi connectivity index (χ3v) is 8.21. The maximum atomic E-state index is 13.4. The number of hydrogen-bond donors (Lipinski definition) is 2. The predicted octanol–water partition coefficient (Wildman–Crippen LogP) is 3.78. The number of unbranched alkanes of at least 4 members (excludes halogenated alkanes) is 2. The SMILES string of the molecule is CCCCC=CCCOC1CCN(S(=O)(=O)C(CCC)(CCC)C(=O)NO)CC1. The van der Waals surface area contributed by atoms with Gasteiger partial charge in [0.1, 0.15) is 0 Å². The summed E-state index contributed by atoms with van der Waals surface area (Å²) >= 11 is 0. The molecule has 1 aliphatic rings. The lowest BCUT2D eigenvalue weighted by molar-refractivity contribution is -0.132. The fourth-order valence-electron chi connectivity index (χ4n) is 3.98. The number of nitrogens with zero attached hydrogens (tertiary/aromatic N) is 1. The summed E-state index contributed by atoms with van der Waals surface area (Å²) in [5, 5.41) is 9.21. The Morgan fingerprint density at radius 1 is 1.10 bits per heavy atom. The van der Waals surface area contributed by atoms with E-state index >= 15 is 0 Å². The number of sulfonamides is 1. The second-order valence-corrected chi connectivity index (χ2v) is 10.1. The van der Waals surface area contributed by atoms with Crippen molar-refractivity contribution in [3.8, 4) is 0 Å². The third-order valence-electron chi connectivity index (χ3n) is 5.59. The summed E-state index contributed by atoms with van der Waals surface area (Å²) in [4.78, 5) is 12.4. The van der Waals surface area contributed by atoms with Crippen LogP contribution < -0.4 is 5.48 Å². The molecule has 0 aromatic heterocycles. The first-order valence-electron chi connectivity index (χ1n) is 11.1. The average molecular weight is 433 g/mol. The molecule has 0 spiro atoms. The fourth-order valence-corrected chi connectivity index (χ4v) is 6.37. The van der Waals surface area contributed by atoms with E-state index in [0.717, 1.165) is 12.8 Å². The van der Waals surface area contributed by atoms with Gasteiger partial charge in [0.15, 0.2) is 4.75 Å². The molecule has 1 fully saturated rings. The minimum atomic E-state index is -3.89. The van der Waals surface area contributed by atoms with Crippen molar-refractivity contribution in [1.82, 2.24) is 9.79 Å². The van der Waals surface area contributed by atoms with Crippen LogP contribution in [0.25, 0.3) is 0 Å². The zero-order valence-corrected chi connectivity index (χ0v) is 19.2. The van der Waals surface area contributed by atoms with Gasteiger partial charge in [-0.15, -0.1) is 0 Å². The Morgan fingerprint density at radius 3 is 2.21 bits per heavy atom. The lowest BCUT2D eigenvalue weighted by atomic mass is 9.96. The minimum absolute atomic E-state index is 0.0453. The molecule has 0 saturated carbocycles. The Hall–Kier alpha value is -0.960. The van der Waals surface area contributed by atoms with Gasteiger partial charge in [-0.25, -0.2) is 18.2 Å². The van der Waals surface area contributed by atoms with Gasteiger partial charge in [-0.3, -0.25) is 10.0 Å². The van der Waals surface area contributed by atoms with Crippen LogP contribution in [0.3, 0.4) is 0 Å². The van der Waals surface area contributed by atoms with Gasteiger partial charge >= 0.3 is 0 Å². The molecular formula is C21H40N2O5S. The van der Waals surface area contributed by atoms with E-state index in [4.69, 9.17) is 4.74 Å². The number of allylic oxidation sites excluding steroid dienone is 1. The summed E-state index contributed by atoms with van der Waals surface area (Å²) in [6.45, 7) is 7.19. The summed E-state index contributed by atoms with van der Waals surface area (Å²) in [6.07, 6.45) is 11.5. The van der Waals surface area contributed by atoms with Crippen LogP contribution in [-0.2, 0) is 19.6 Å². The van der Waals surface area contributed by atoms with Gasteiger partial charge in [-0.2, -0.15) is 0 Å². The van der Waals surface area contributed by atoms with Crippen molar-refractivity contribution in [3.63, 3.8) is 0 Å². The first kappa shape index (κ1) is 26.1. The Labute approximate surface area is 176 Å². The summed E-state index contributed by atoms with van der Waals surface area (Å²) < 4.78 is 32.5. The van der Waals surface area contributed by atoms with Gasteiger partial charge in [0.25, 0.3) is 5.91 Å². The number of hydrogen-bond acceptors (Lipinski definition) is 5. The van der Waals surface area contributed by atoms with Gasteiger partial charge in [0.2, 0.25) is 10.0 Å². The second kappa shape index (κ2) is 13.4. The van der Waals surface area contributed by atoms with Gasteiger partial charge < -0.3 is 4.74 Å². The number of amides is 1. The zero-order chi connectivity index (χ0) is 21.8. The molecule has 1 saturated heterocycles. The summed E-state index contributed by atoms with van der Waals surface area (Å²) in [5.74, 6) is -0.825. The number of nitrogens with one attached hydrogen (secondary N) is 1. The second-order valence-electron chi connectivity index (χ2n) is 7.81. The van der Waals surface area contributed by atoms with Crippen LogP contribution in [0.2, 0.25) is 0 Å². The first-order valence-corrected chi connectivity index (χ1v) is 12.5. The van der Waals surface area contributed by atoms with Gasteiger partial charge in [0.05, 0.1) is 12.7 Å². The predicted molar refractivity (Wildman–Crippen MR) is 115 cm³/mol. The van der Waals surface area contributed by atoms with Crippen LogP contribution in [0, 0.1) is 0 Å². The standard InChI is InChI=1S/C21H40N2O5S/c1-4-7-8-9-10-11-18-28-19-12-16-23(17-13-19)29(26,27)21(14-5-2,15-6-3)20(24)22-25/h9-10,19,25H,4-8,11-18H2,1-3H3,(H,22,24). The molecule has 29 heavy (non-hydrogen) atoms. The molecule has 1 aliphatic heterocycles. The van der Waals surface area contributed by atoms with Crippen LogP contribution >= 0.6 is 0 Å².